The quantitative estimate of drug-likeness (QED) is 0.639. The summed E-state index contributed by atoms with van der Waals surface area (Å²) in [5, 5.41) is 14.6. The number of amides is 1. The Bertz CT molecular complexity index is 696. The number of carbonyl (C=O) groups is 1. The van der Waals surface area contributed by atoms with Gasteiger partial charge < -0.3 is 15.1 Å². The van der Waals surface area contributed by atoms with Gasteiger partial charge in [-0.2, -0.15) is 0 Å². The molecule has 0 radical (unpaired) electrons. The number of benzene rings is 1. The van der Waals surface area contributed by atoms with E-state index in [0.717, 1.165) is 18.8 Å². The molecule has 0 spiro atoms. The molecule has 2 rings (SSSR count). The van der Waals surface area contributed by atoms with Gasteiger partial charge in [-0.05, 0) is 17.5 Å². The molecule has 7 nitrogen and oxygen atoms in total. The smallest absolute Gasteiger partial charge is 0.292 e. The number of nitrogens with one attached hydrogen (secondary N) is 1. The summed E-state index contributed by atoms with van der Waals surface area (Å²) in [5.74, 6) is 0.165. The van der Waals surface area contributed by atoms with Crippen LogP contribution in [0.3, 0.4) is 0 Å². The van der Waals surface area contributed by atoms with Gasteiger partial charge in [0, 0.05) is 49.9 Å². The van der Waals surface area contributed by atoms with Gasteiger partial charge in [-0.1, -0.05) is 41.5 Å². The lowest BCUT2D eigenvalue weighted by Crippen LogP contribution is -2.51. The largest absolute Gasteiger partial charge is 0.379 e. The van der Waals surface area contributed by atoms with E-state index < -0.39 is 0 Å². The number of piperazine rings is 1. The highest BCUT2D eigenvalue weighted by Crippen LogP contribution is 2.31. The van der Waals surface area contributed by atoms with Crippen LogP contribution < -0.4 is 10.2 Å². The molecule has 7 heteroatoms. The van der Waals surface area contributed by atoms with E-state index >= 15 is 0 Å². The van der Waals surface area contributed by atoms with Crippen LogP contribution in [0.5, 0.6) is 0 Å². The molecule has 1 heterocycles. The molecule has 1 N–H and O–H groups in total. The first-order valence-electron chi connectivity index (χ1n) is 9.45. The van der Waals surface area contributed by atoms with Gasteiger partial charge in [-0.25, -0.2) is 0 Å². The molecular formula is C20H32N4O3. The second-order valence-electron chi connectivity index (χ2n) is 9.40. The van der Waals surface area contributed by atoms with Gasteiger partial charge in [-0.3, -0.25) is 14.9 Å². The van der Waals surface area contributed by atoms with Crippen LogP contribution in [-0.4, -0.2) is 48.5 Å². The lowest BCUT2D eigenvalue weighted by atomic mass is 9.94. The second-order valence-corrected chi connectivity index (χ2v) is 9.40. The Morgan fingerprint density at radius 1 is 1.11 bits per heavy atom. The highest BCUT2D eigenvalue weighted by Gasteiger charge is 2.30. The van der Waals surface area contributed by atoms with Crippen molar-refractivity contribution in [2.45, 2.75) is 41.5 Å². The second kappa shape index (κ2) is 7.74. The Balaban J connectivity index is 2.13. The molecule has 0 aliphatic carbocycles. The van der Waals surface area contributed by atoms with Crippen molar-refractivity contribution < 1.29 is 9.72 Å². The Morgan fingerprint density at radius 3 is 2.19 bits per heavy atom. The number of nitro groups is 1. The topological polar surface area (TPSA) is 78.7 Å². The molecule has 1 aliphatic heterocycles. The van der Waals surface area contributed by atoms with E-state index in [1.54, 1.807) is 12.1 Å². The van der Waals surface area contributed by atoms with Gasteiger partial charge in [0.2, 0.25) is 5.91 Å². The fourth-order valence-electron chi connectivity index (χ4n) is 3.02. The van der Waals surface area contributed by atoms with E-state index in [1.807, 2.05) is 31.7 Å². The van der Waals surface area contributed by atoms with Crippen LogP contribution in [-0.2, 0) is 4.79 Å². The molecule has 1 saturated heterocycles. The third kappa shape index (κ3) is 5.58. The highest BCUT2D eigenvalue weighted by molar-refractivity contribution is 5.81. The molecule has 0 saturated carbocycles. The van der Waals surface area contributed by atoms with Crippen LogP contribution in [0.1, 0.15) is 41.5 Å². The number of anilines is 2. The molecule has 0 aromatic heterocycles. The first-order valence-corrected chi connectivity index (χ1v) is 9.45. The molecule has 0 unspecified atom stereocenters. The van der Waals surface area contributed by atoms with Crippen molar-refractivity contribution in [1.29, 1.82) is 0 Å². The van der Waals surface area contributed by atoms with Gasteiger partial charge in [0.1, 0.15) is 5.69 Å². The molecule has 150 valence electrons. The zero-order valence-corrected chi connectivity index (χ0v) is 17.3. The standard InChI is InChI=1S/C20H32N4O3/c1-19(2,3)14-21-16-13-15(7-8-17(16)24(26)27)22-9-11-23(12-10-22)18(25)20(4,5)6/h7-8,13,21H,9-12,14H2,1-6H3. The first kappa shape index (κ1) is 21.0. The van der Waals surface area contributed by atoms with Crippen molar-refractivity contribution in [3.8, 4) is 0 Å². The SMILES string of the molecule is CC(C)(C)CNc1cc(N2CCN(C(=O)C(C)(C)C)CC2)ccc1[N+](=O)[O-]. The third-order valence-corrected chi connectivity index (χ3v) is 4.56. The fourth-order valence-corrected chi connectivity index (χ4v) is 3.02. The molecule has 1 amide bonds. The molecule has 1 aromatic rings. The Labute approximate surface area is 161 Å². The lowest BCUT2D eigenvalue weighted by Gasteiger charge is -2.38. The van der Waals surface area contributed by atoms with Crippen LogP contribution in [0.2, 0.25) is 0 Å². The number of carbonyl (C=O) groups excluding carboxylic acids is 1. The van der Waals surface area contributed by atoms with Crippen LogP contribution >= 0.6 is 0 Å². The van der Waals surface area contributed by atoms with Crippen molar-refractivity contribution in [3.63, 3.8) is 0 Å². The maximum absolute atomic E-state index is 12.4. The Kier molecular flexibility index (Phi) is 6.02. The lowest BCUT2D eigenvalue weighted by molar-refractivity contribution is -0.384. The van der Waals surface area contributed by atoms with Crippen LogP contribution in [0.15, 0.2) is 18.2 Å². The average Bonchev–Trinajstić information content (AvgIpc) is 2.57. The van der Waals surface area contributed by atoms with E-state index in [1.165, 1.54) is 0 Å². The minimum Gasteiger partial charge on any atom is -0.379 e. The van der Waals surface area contributed by atoms with Gasteiger partial charge >= 0.3 is 0 Å². The average molecular weight is 377 g/mol. The summed E-state index contributed by atoms with van der Waals surface area (Å²) in [7, 11) is 0. The summed E-state index contributed by atoms with van der Waals surface area (Å²) in [6.07, 6.45) is 0. The van der Waals surface area contributed by atoms with E-state index in [-0.39, 0.29) is 27.3 Å². The Hall–Kier alpha value is -2.31. The predicted molar refractivity (Wildman–Crippen MR) is 109 cm³/mol. The van der Waals surface area contributed by atoms with Crippen molar-refractivity contribution in [2.75, 3.05) is 42.9 Å². The number of rotatable bonds is 4. The Morgan fingerprint density at radius 2 is 1.70 bits per heavy atom. The molecule has 1 aromatic carbocycles. The summed E-state index contributed by atoms with van der Waals surface area (Å²) in [4.78, 5) is 27.5. The maximum atomic E-state index is 12.4. The van der Waals surface area contributed by atoms with Gasteiger partial charge in [0.15, 0.2) is 0 Å². The van der Waals surface area contributed by atoms with Gasteiger partial charge in [-0.15, -0.1) is 0 Å². The van der Waals surface area contributed by atoms with Crippen molar-refractivity contribution in [1.82, 2.24) is 4.90 Å². The third-order valence-electron chi connectivity index (χ3n) is 4.56. The highest BCUT2D eigenvalue weighted by atomic mass is 16.6. The van der Waals surface area contributed by atoms with Gasteiger partial charge in [0.25, 0.3) is 5.69 Å². The van der Waals surface area contributed by atoms with E-state index in [0.29, 0.717) is 25.3 Å². The molecule has 1 aliphatic rings. The van der Waals surface area contributed by atoms with E-state index in [4.69, 9.17) is 0 Å². The molecule has 27 heavy (non-hydrogen) atoms. The fraction of sp³-hybridized carbons (Fsp3) is 0.650. The summed E-state index contributed by atoms with van der Waals surface area (Å²) in [6.45, 7) is 15.5. The summed E-state index contributed by atoms with van der Waals surface area (Å²) in [5.41, 5.74) is 1.22. The van der Waals surface area contributed by atoms with Crippen LogP contribution in [0.25, 0.3) is 0 Å². The number of hydrogen-bond donors (Lipinski definition) is 1. The number of nitro benzene ring substituents is 1. The number of hydrogen-bond acceptors (Lipinski definition) is 5. The van der Waals surface area contributed by atoms with Crippen molar-refractivity contribution >= 4 is 23.0 Å². The normalized spacial score (nSPS) is 15.6. The predicted octanol–water partition coefficient (Wildman–Crippen LogP) is 3.75. The summed E-state index contributed by atoms with van der Waals surface area (Å²) >= 11 is 0. The summed E-state index contributed by atoms with van der Waals surface area (Å²) in [6, 6.07) is 5.21. The first-order chi connectivity index (χ1) is 12.4. The minimum absolute atomic E-state index is 0.0167. The van der Waals surface area contributed by atoms with E-state index in [9.17, 15) is 14.9 Å². The van der Waals surface area contributed by atoms with Crippen LogP contribution in [0.4, 0.5) is 17.1 Å². The van der Waals surface area contributed by atoms with Crippen molar-refractivity contribution in [3.05, 3.63) is 28.3 Å². The molecule has 0 bridgehead atoms. The molecule has 0 atom stereocenters. The molecular weight excluding hydrogens is 344 g/mol. The minimum atomic E-state index is -0.375. The monoisotopic (exact) mass is 376 g/mol. The zero-order valence-electron chi connectivity index (χ0n) is 17.3. The maximum Gasteiger partial charge on any atom is 0.292 e. The van der Waals surface area contributed by atoms with Crippen LogP contribution in [0, 0.1) is 20.9 Å². The number of nitrogens with zero attached hydrogens (tertiary/aromatic N) is 3. The van der Waals surface area contributed by atoms with Crippen molar-refractivity contribution in [2.24, 2.45) is 10.8 Å². The van der Waals surface area contributed by atoms with Gasteiger partial charge in [0.05, 0.1) is 4.92 Å². The molecule has 1 fully saturated rings. The zero-order chi connectivity index (χ0) is 20.4. The summed E-state index contributed by atoms with van der Waals surface area (Å²) < 4.78 is 0. The van der Waals surface area contributed by atoms with E-state index in [2.05, 4.69) is 31.0 Å².